The highest BCUT2D eigenvalue weighted by Crippen LogP contribution is 2.34. The monoisotopic (exact) mass is 248 g/mol. The average Bonchev–Trinajstić information content (AvgIpc) is 2.30. The van der Waals surface area contributed by atoms with Gasteiger partial charge < -0.3 is 19.5 Å². The molecule has 1 aromatic rings. The first kappa shape index (κ1) is 12.4. The number of nitrogens with zero attached hydrogens (tertiary/aromatic N) is 1. The molecule has 0 aliphatic carbocycles. The Hall–Kier alpha value is -2.04. The van der Waals surface area contributed by atoms with Crippen LogP contribution in [0.15, 0.2) is 18.2 Å². The van der Waals surface area contributed by atoms with E-state index in [1.54, 1.807) is 13.0 Å². The van der Waals surface area contributed by atoms with Crippen molar-refractivity contribution in [3.8, 4) is 5.75 Å². The van der Waals surface area contributed by atoms with Crippen LogP contribution in [-0.2, 0) is 9.59 Å². The number of carbonyl (C=O) groups excluding carboxylic acids is 2. The standard InChI is InChI=1S/C13H15NO4/c1-8-3-4-11-10(7-8)14(6-5-12(15)16)13(17)9(2)18-11/h3-4,7,9H,5-6H2,1-2H3,(H,15,16)/p-1. The summed E-state index contributed by atoms with van der Waals surface area (Å²) in [6.45, 7) is 3.65. The molecule has 2 rings (SSSR count). The lowest BCUT2D eigenvalue weighted by Crippen LogP contribution is -2.46. The second-order valence-corrected chi connectivity index (χ2v) is 4.34. The summed E-state index contributed by atoms with van der Waals surface area (Å²) in [6.07, 6.45) is -0.784. The third-order valence-electron chi connectivity index (χ3n) is 2.86. The van der Waals surface area contributed by atoms with Gasteiger partial charge in [-0.25, -0.2) is 0 Å². The molecular formula is C13H14NO4-. The number of anilines is 1. The molecule has 1 heterocycles. The Morgan fingerprint density at radius 3 is 2.89 bits per heavy atom. The predicted octanol–water partition coefficient (Wildman–Crippen LogP) is 0.249. The zero-order valence-corrected chi connectivity index (χ0v) is 10.3. The van der Waals surface area contributed by atoms with E-state index in [1.807, 2.05) is 19.1 Å². The highest BCUT2D eigenvalue weighted by atomic mass is 16.5. The van der Waals surface area contributed by atoms with Crippen LogP contribution in [0.1, 0.15) is 18.9 Å². The Morgan fingerprint density at radius 1 is 1.50 bits per heavy atom. The Kier molecular flexibility index (Phi) is 3.23. The molecule has 18 heavy (non-hydrogen) atoms. The van der Waals surface area contributed by atoms with Gasteiger partial charge in [0.05, 0.1) is 5.69 Å². The molecule has 96 valence electrons. The highest BCUT2D eigenvalue weighted by Gasteiger charge is 2.31. The van der Waals surface area contributed by atoms with Gasteiger partial charge in [0.1, 0.15) is 5.75 Å². The number of carboxylic acid groups (broad SMARTS) is 1. The molecule has 0 saturated carbocycles. The molecular weight excluding hydrogens is 234 g/mol. The molecule has 0 bridgehead atoms. The number of hydrogen-bond acceptors (Lipinski definition) is 4. The predicted molar refractivity (Wildman–Crippen MR) is 63.2 cm³/mol. The summed E-state index contributed by atoms with van der Waals surface area (Å²) >= 11 is 0. The quantitative estimate of drug-likeness (QED) is 0.768. The van der Waals surface area contributed by atoms with Crippen LogP contribution in [0, 0.1) is 6.92 Å². The summed E-state index contributed by atoms with van der Waals surface area (Å²) < 4.78 is 5.48. The molecule has 1 unspecified atom stereocenters. The summed E-state index contributed by atoms with van der Waals surface area (Å²) in [5.74, 6) is -0.795. The average molecular weight is 248 g/mol. The van der Waals surface area contributed by atoms with Crippen LogP contribution in [0.3, 0.4) is 0 Å². The number of ether oxygens (including phenoxy) is 1. The van der Waals surface area contributed by atoms with Crippen LogP contribution in [0.4, 0.5) is 5.69 Å². The van der Waals surface area contributed by atoms with Crippen LogP contribution in [0.2, 0.25) is 0 Å². The van der Waals surface area contributed by atoms with Crippen LogP contribution in [0.25, 0.3) is 0 Å². The van der Waals surface area contributed by atoms with E-state index in [0.29, 0.717) is 11.4 Å². The van der Waals surface area contributed by atoms with Gasteiger partial charge in [0.2, 0.25) is 0 Å². The van der Waals surface area contributed by atoms with E-state index >= 15 is 0 Å². The second-order valence-electron chi connectivity index (χ2n) is 4.34. The number of amides is 1. The van der Waals surface area contributed by atoms with Crippen molar-refractivity contribution in [1.29, 1.82) is 0 Å². The SMILES string of the molecule is Cc1ccc2c(c1)N(CCC(=O)[O-])C(=O)C(C)O2. The van der Waals surface area contributed by atoms with Crippen molar-refractivity contribution in [2.75, 3.05) is 11.4 Å². The molecule has 0 aromatic heterocycles. The number of aliphatic carboxylic acids is 1. The van der Waals surface area contributed by atoms with Crippen molar-refractivity contribution in [1.82, 2.24) is 0 Å². The number of benzene rings is 1. The van der Waals surface area contributed by atoms with Gasteiger partial charge in [-0.15, -0.1) is 0 Å². The molecule has 5 heteroatoms. The third kappa shape index (κ3) is 2.30. The summed E-state index contributed by atoms with van der Waals surface area (Å²) in [7, 11) is 0. The summed E-state index contributed by atoms with van der Waals surface area (Å²) in [4.78, 5) is 24.0. The minimum Gasteiger partial charge on any atom is -0.550 e. The number of aryl methyl sites for hydroxylation is 1. The number of fused-ring (bicyclic) bond motifs is 1. The van der Waals surface area contributed by atoms with E-state index in [9.17, 15) is 14.7 Å². The molecule has 0 N–H and O–H groups in total. The lowest BCUT2D eigenvalue weighted by Gasteiger charge is -2.33. The number of hydrogen-bond donors (Lipinski definition) is 0. The third-order valence-corrected chi connectivity index (χ3v) is 2.86. The van der Waals surface area contributed by atoms with E-state index in [1.165, 1.54) is 4.90 Å². The molecule has 1 aliphatic rings. The van der Waals surface area contributed by atoms with Crippen LogP contribution in [0.5, 0.6) is 5.75 Å². The van der Waals surface area contributed by atoms with Crippen LogP contribution in [-0.4, -0.2) is 24.5 Å². The minimum absolute atomic E-state index is 0.102. The normalized spacial score (nSPS) is 18.2. The molecule has 1 aromatic carbocycles. The first-order valence-electron chi connectivity index (χ1n) is 5.77. The number of rotatable bonds is 3. The molecule has 0 saturated heterocycles. The molecule has 1 aliphatic heterocycles. The zero-order valence-electron chi connectivity index (χ0n) is 10.3. The largest absolute Gasteiger partial charge is 0.550 e. The van der Waals surface area contributed by atoms with Crippen LogP contribution < -0.4 is 14.7 Å². The van der Waals surface area contributed by atoms with Gasteiger partial charge in [-0.2, -0.15) is 0 Å². The lowest BCUT2D eigenvalue weighted by molar-refractivity contribution is -0.305. The maximum absolute atomic E-state index is 12.0. The van der Waals surface area contributed by atoms with Gasteiger partial charge in [-0.1, -0.05) is 6.07 Å². The fraction of sp³-hybridized carbons (Fsp3) is 0.385. The highest BCUT2D eigenvalue weighted by molar-refractivity contribution is 6.00. The first-order chi connectivity index (χ1) is 8.49. The van der Waals surface area contributed by atoms with Crippen molar-refractivity contribution in [2.45, 2.75) is 26.4 Å². The van der Waals surface area contributed by atoms with Crippen molar-refractivity contribution < 1.29 is 19.4 Å². The van der Waals surface area contributed by atoms with Gasteiger partial charge >= 0.3 is 0 Å². The minimum atomic E-state index is -1.17. The maximum Gasteiger partial charge on any atom is 0.267 e. The molecule has 1 amide bonds. The molecule has 5 nitrogen and oxygen atoms in total. The lowest BCUT2D eigenvalue weighted by atomic mass is 10.1. The van der Waals surface area contributed by atoms with E-state index in [0.717, 1.165) is 5.56 Å². The molecule has 0 spiro atoms. The first-order valence-corrected chi connectivity index (χ1v) is 5.77. The number of carboxylic acids is 1. The van der Waals surface area contributed by atoms with Gasteiger partial charge in [-0.05, 0) is 31.5 Å². The summed E-state index contributed by atoms with van der Waals surface area (Å²) in [5, 5.41) is 10.5. The van der Waals surface area contributed by atoms with Crippen molar-refractivity contribution in [3.63, 3.8) is 0 Å². The zero-order chi connectivity index (χ0) is 13.3. The van der Waals surface area contributed by atoms with Gasteiger partial charge in [0, 0.05) is 18.9 Å². The van der Waals surface area contributed by atoms with Crippen LogP contribution >= 0.6 is 0 Å². The summed E-state index contributed by atoms with van der Waals surface area (Å²) in [5.41, 5.74) is 1.61. The van der Waals surface area contributed by atoms with Crippen molar-refractivity contribution in [2.24, 2.45) is 0 Å². The Bertz CT molecular complexity index is 498. The van der Waals surface area contributed by atoms with E-state index < -0.39 is 12.1 Å². The van der Waals surface area contributed by atoms with Crippen molar-refractivity contribution >= 4 is 17.6 Å². The smallest absolute Gasteiger partial charge is 0.267 e. The summed E-state index contributed by atoms with van der Waals surface area (Å²) in [6, 6.07) is 5.49. The molecule has 0 fully saturated rings. The van der Waals surface area contributed by atoms with Crippen molar-refractivity contribution in [3.05, 3.63) is 23.8 Å². The Morgan fingerprint density at radius 2 is 2.22 bits per heavy atom. The van der Waals surface area contributed by atoms with E-state index in [2.05, 4.69) is 0 Å². The molecule has 1 atom stereocenters. The topological polar surface area (TPSA) is 69.7 Å². The van der Waals surface area contributed by atoms with E-state index in [4.69, 9.17) is 4.74 Å². The van der Waals surface area contributed by atoms with E-state index in [-0.39, 0.29) is 18.9 Å². The number of carbonyl (C=O) groups is 2. The Labute approximate surface area is 105 Å². The van der Waals surface area contributed by atoms with Gasteiger partial charge in [0.15, 0.2) is 6.10 Å². The van der Waals surface area contributed by atoms with Gasteiger partial charge in [-0.3, -0.25) is 4.79 Å². The second kappa shape index (κ2) is 4.68. The molecule has 0 radical (unpaired) electrons. The fourth-order valence-corrected chi connectivity index (χ4v) is 1.95. The fourth-order valence-electron chi connectivity index (χ4n) is 1.95. The van der Waals surface area contributed by atoms with Gasteiger partial charge in [0.25, 0.3) is 5.91 Å². The maximum atomic E-state index is 12.0. The Balaban J connectivity index is 2.34.